The van der Waals surface area contributed by atoms with Gasteiger partial charge in [-0.05, 0) is 30.7 Å². The van der Waals surface area contributed by atoms with Gasteiger partial charge in [0.25, 0.3) is 0 Å². The van der Waals surface area contributed by atoms with Gasteiger partial charge in [0.15, 0.2) is 6.29 Å². The van der Waals surface area contributed by atoms with Gasteiger partial charge in [0.05, 0.1) is 7.11 Å². The first-order valence-corrected chi connectivity index (χ1v) is 9.98. The quantitative estimate of drug-likeness (QED) is 0.635. The Morgan fingerprint density at radius 3 is 2.44 bits per heavy atom. The smallest absolute Gasteiger partial charge is 0.181 e. The molecule has 0 fully saturated rings. The number of aliphatic hydroxyl groups is 1. The fourth-order valence-electron chi connectivity index (χ4n) is 1.62. The molecule has 1 aromatic rings. The molecule has 18 heavy (non-hydrogen) atoms. The van der Waals surface area contributed by atoms with Gasteiger partial charge in [-0.3, -0.25) is 0 Å². The zero-order valence-electron chi connectivity index (χ0n) is 12.0. The Balaban J connectivity index is 2.59. The van der Waals surface area contributed by atoms with E-state index in [0.717, 1.165) is 22.9 Å². The molecule has 1 aromatic carbocycles. The summed E-state index contributed by atoms with van der Waals surface area (Å²) in [6.45, 7) is 9.44. The Morgan fingerprint density at radius 1 is 1.28 bits per heavy atom. The minimum absolute atomic E-state index is 0.613. The third kappa shape index (κ3) is 4.80. The molecule has 0 aliphatic rings. The van der Waals surface area contributed by atoms with Crippen LogP contribution in [0.3, 0.4) is 0 Å². The maximum absolute atomic E-state index is 10.0. The van der Waals surface area contributed by atoms with Gasteiger partial charge >= 0.3 is 0 Å². The molecule has 0 radical (unpaired) electrons. The molecular formula is C14H24O3Si. The lowest BCUT2D eigenvalue weighted by Gasteiger charge is -2.19. The third-order valence-corrected chi connectivity index (χ3v) is 4.57. The molecule has 1 rings (SSSR count). The summed E-state index contributed by atoms with van der Waals surface area (Å²) in [5, 5.41) is 10.0. The Hall–Kier alpha value is -0.843. The second kappa shape index (κ2) is 6.36. The third-order valence-electron chi connectivity index (χ3n) is 2.87. The summed E-state index contributed by atoms with van der Waals surface area (Å²) < 4.78 is 10.6. The van der Waals surface area contributed by atoms with Crippen LogP contribution in [0.4, 0.5) is 0 Å². The van der Waals surface area contributed by atoms with Crippen LogP contribution in [0.15, 0.2) is 18.2 Å². The van der Waals surface area contributed by atoms with E-state index in [2.05, 4.69) is 19.6 Å². The number of hydrogen-bond donors (Lipinski definition) is 1. The van der Waals surface area contributed by atoms with E-state index in [4.69, 9.17) is 9.47 Å². The summed E-state index contributed by atoms with van der Waals surface area (Å²) in [5.41, 5.74) is 1.79. The fourth-order valence-corrected chi connectivity index (χ4v) is 2.35. The molecule has 102 valence electrons. The SMILES string of the molecule is COc1ccc(C(O)OCC[Si](C)(C)C)c(C)c1. The Labute approximate surface area is 111 Å². The van der Waals surface area contributed by atoms with Crippen LogP contribution >= 0.6 is 0 Å². The van der Waals surface area contributed by atoms with E-state index in [-0.39, 0.29) is 0 Å². The maximum Gasteiger partial charge on any atom is 0.181 e. The molecule has 4 heteroatoms. The molecular weight excluding hydrogens is 244 g/mol. The molecule has 0 spiro atoms. The van der Waals surface area contributed by atoms with Crippen molar-refractivity contribution in [2.24, 2.45) is 0 Å². The van der Waals surface area contributed by atoms with Gasteiger partial charge in [-0.2, -0.15) is 0 Å². The molecule has 0 aliphatic carbocycles. The summed E-state index contributed by atoms with van der Waals surface area (Å²) in [4.78, 5) is 0. The van der Waals surface area contributed by atoms with Gasteiger partial charge < -0.3 is 14.6 Å². The number of methoxy groups -OCH3 is 1. The highest BCUT2D eigenvalue weighted by Gasteiger charge is 2.15. The fraction of sp³-hybridized carbons (Fsp3) is 0.571. The molecule has 1 unspecified atom stereocenters. The van der Waals surface area contributed by atoms with Crippen molar-refractivity contribution in [3.63, 3.8) is 0 Å². The van der Waals surface area contributed by atoms with Crippen LogP contribution < -0.4 is 4.74 Å². The number of rotatable bonds is 6. The zero-order chi connectivity index (χ0) is 13.8. The average molecular weight is 268 g/mol. The van der Waals surface area contributed by atoms with E-state index in [1.807, 2.05) is 25.1 Å². The lowest BCUT2D eigenvalue weighted by atomic mass is 10.1. The number of ether oxygens (including phenoxy) is 2. The largest absolute Gasteiger partial charge is 0.497 e. The molecule has 0 heterocycles. The first-order valence-electron chi connectivity index (χ1n) is 6.28. The Morgan fingerprint density at radius 2 is 1.94 bits per heavy atom. The molecule has 0 amide bonds. The van der Waals surface area contributed by atoms with Crippen molar-refractivity contribution in [1.29, 1.82) is 0 Å². The molecule has 0 saturated heterocycles. The van der Waals surface area contributed by atoms with E-state index < -0.39 is 14.4 Å². The van der Waals surface area contributed by atoms with Gasteiger partial charge in [0.1, 0.15) is 5.75 Å². The Bertz CT molecular complexity index is 385. The van der Waals surface area contributed by atoms with Crippen molar-refractivity contribution in [3.05, 3.63) is 29.3 Å². The van der Waals surface area contributed by atoms with E-state index in [0.29, 0.717) is 6.61 Å². The van der Waals surface area contributed by atoms with E-state index >= 15 is 0 Å². The van der Waals surface area contributed by atoms with Gasteiger partial charge in [0, 0.05) is 20.2 Å². The summed E-state index contributed by atoms with van der Waals surface area (Å²) in [7, 11) is 0.525. The molecule has 0 saturated carbocycles. The molecule has 0 aliphatic heterocycles. The van der Waals surface area contributed by atoms with Crippen molar-refractivity contribution in [2.75, 3.05) is 13.7 Å². The van der Waals surface area contributed by atoms with Crippen molar-refractivity contribution >= 4 is 8.07 Å². The minimum Gasteiger partial charge on any atom is -0.497 e. The summed E-state index contributed by atoms with van der Waals surface area (Å²) >= 11 is 0. The highest BCUT2D eigenvalue weighted by Crippen LogP contribution is 2.23. The summed E-state index contributed by atoms with van der Waals surface area (Å²) in [5.74, 6) is 0.797. The summed E-state index contributed by atoms with van der Waals surface area (Å²) in [6, 6.07) is 6.65. The first kappa shape index (κ1) is 15.2. The van der Waals surface area contributed by atoms with Crippen molar-refractivity contribution in [3.8, 4) is 5.75 Å². The van der Waals surface area contributed by atoms with Crippen LogP contribution in [0.25, 0.3) is 0 Å². The van der Waals surface area contributed by atoms with Gasteiger partial charge in [-0.15, -0.1) is 0 Å². The lowest BCUT2D eigenvalue weighted by Crippen LogP contribution is -2.22. The topological polar surface area (TPSA) is 38.7 Å². The standard InChI is InChI=1S/C14H24O3Si/c1-11-10-12(16-2)6-7-13(11)14(15)17-8-9-18(3,4)5/h6-7,10,14-15H,8-9H2,1-5H3. The number of hydrogen-bond acceptors (Lipinski definition) is 3. The van der Waals surface area contributed by atoms with Crippen LogP contribution in [-0.2, 0) is 4.74 Å². The molecule has 1 N–H and O–H groups in total. The van der Waals surface area contributed by atoms with Crippen LogP contribution in [0.5, 0.6) is 5.75 Å². The van der Waals surface area contributed by atoms with E-state index in [1.54, 1.807) is 7.11 Å². The number of benzene rings is 1. The highest BCUT2D eigenvalue weighted by molar-refractivity contribution is 6.76. The average Bonchev–Trinajstić information content (AvgIpc) is 2.26. The first-order chi connectivity index (χ1) is 8.33. The second-order valence-corrected chi connectivity index (χ2v) is 11.4. The summed E-state index contributed by atoms with van der Waals surface area (Å²) in [6.07, 6.45) is -0.841. The van der Waals surface area contributed by atoms with Crippen LogP contribution in [-0.4, -0.2) is 26.9 Å². The van der Waals surface area contributed by atoms with Gasteiger partial charge in [-0.25, -0.2) is 0 Å². The Kier molecular flexibility index (Phi) is 5.38. The number of aliphatic hydroxyl groups excluding tert-OH is 1. The minimum atomic E-state index is -1.11. The lowest BCUT2D eigenvalue weighted by molar-refractivity contribution is -0.0985. The molecule has 1 atom stereocenters. The van der Waals surface area contributed by atoms with Crippen molar-refractivity contribution in [2.45, 2.75) is 38.9 Å². The van der Waals surface area contributed by atoms with Gasteiger partial charge in [0.2, 0.25) is 0 Å². The van der Waals surface area contributed by atoms with Crippen LogP contribution in [0.2, 0.25) is 25.7 Å². The monoisotopic (exact) mass is 268 g/mol. The van der Waals surface area contributed by atoms with E-state index in [1.165, 1.54) is 0 Å². The molecule has 0 aromatic heterocycles. The van der Waals surface area contributed by atoms with Crippen molar-refractivity contribution < 1.29 is 14.6 Å². The molecule has 0 bridgehead atoms. The number of aryl methyl sites for hydroxylation is 1. The van der Waals surface area contributed by atoms with Gasteiger partial charge in [-0.1, -0.05) is 25.7 Å². The second-order valence-electron chi connectivity index (χ2n) is 5.76. The maximum atomic E-state index is 10.0. The van der Waals surface area contributed by atoms with Crippen LogP contribution in [0.1, 0.15) is 17.4 Å². The predicted molar refractivity (Wildman–Crippen MR) is 76.8 cm³/mol. The highest BCUT2D eigenvalue weighted by atomic mass is 28.3. The predicted octanol–water partition coefficient (Wildman–Crippen LogP) is 3.35. The zero-order valence-corrected chi connectivity index (χ0v) is 13.0. The van der Waals surface area contributed by atoms with Crippen molar-refractivity contribution in [1.82, 2.24) is 0 Å². The van der Waals surface area contributed by atoms with E-state index in [9.17, 15) is 5.11 Å². The van der Waals surface area contributed by atoms with Crippen LogP contribution in [0, 0.1) is 6.92 Å². The molecule has 3 nitrogen and oxygen atoms in total. The normalized spacial score (nSPS) is 13.4.